The van der Waals surface area contributed by atoms with Crippen molar-refractivity contribution in [2.75, 3.05) is 0 Å². The van der Waals surface area contributed by atoms with Crippen LogP contribution in [0.2, 0.25) is 0 Å². The lowest BCUT2D eigenvalue weighted by molar-refractivity contribution is -0.222. The van der Waals surface area contributed by atoms with Gasteiger partial charge in [0, 0.05) is 24.3 Å². The molecule has 0 spiro atoms. The Morgan fingerprint density at radius 2 is 1.57 bits per heavy atom. The van der Waals surface area contributed by atoms with Gasteiger partial charge in [-0.15, -0.1) is 0 Å². The fourth-order valence-electron chi connectivity index (χ4n) is 1.86. The van der Waals surface area contributed by atoms with E-state index in [1.165, 1.54) is 32.1 Å². The molecule has 1 aliphatic rings. The zero-order valence-corrected chi connectivity index (χ0v) is 11.5. The zero-order valence-electron chi connectivity index (χ0n) is 11.5. The summed E-state index contributed by atoms with van der Waals surface area (Å²) in [6.45, 7) is 2.93. The molecule has 0 amide bonds. The lowest BCUT2D eigenvalue weighted by atomic mass is 10.1. The second kappa shape index (κ2) is 5.32. The minimum absolute atomic E-state index is 0.237. The normalized spacial score (nSPS) is 19.2. The SMILES string of the molecule is CC1(C)OC(=O)C(=Cc2ccc(=CO)c(=CO)c2)C(=O)O1. The van der Waals surface area contributed by atoms with Crippen LogP contribution in [0.15, 0.2) is 23.8 Å². The zero-order chi connectivity index (χ0) is 15.6. The van der Waals surface area contributed by atoms with Gasteiger partial charge in [0.1, 0.15) is 5.57 Å². The van der Waals surface area contributed by atoms with E-state index in [1.807, 2.05) is 0 Å². The molecule has 0 bridgehead atoms. The summed E-state index contributed by atoms with van der Waals surface area (Å²) in [5, 5.41) is 18.8. The van der Waals surface area contributed by atoms with E-state index in [9.17, 15) is 9.59 Å². The Balaban J connectivity index is 2.45. The second-order valence-electron chi connectivity index (χ2n) is 4.88. The molecule has 2 N–H and O–H groups in total. The van der Waals surface area contributed by atoms with Gasteiger partial charge in [-0.2, -0.15) is 0 Å². The highest BCUT2D eigenvalue weighted by Crippen LogP contribution is 2.23. The van der Waals surface area contributed by atoms with Crippen LogP contribution >= 0.6 is 0 Å². The maximum atomic E-state index is 11.8. The Labute approximate surface area is 120 Å². The third-order valence-corrected chi connectivity index (χ3v) is 2.82. The van der Waals surface area contributed by atoms with Crippen LogP contribution < -0.4 is 10.4 Å². The number of hydrogen-bond donors (Lipinski definition) is 2. The molecule has 2 rings (SSSR count). The largest absolute Gasteiger partial charge is 0.515 e. The second-order valence-corrected chi connectivity index (χ2v) is 4.88. The average molecular weight is 290 g/mol. The van der Waals surface area contributed by atoms with E-state index in [-0.39, 0.29) is 5.57 Å². The molecule has 1 saturated heterocycles. The van der Waals surface area contributed by atoms with Crippen LogP contribution in [-0.2, 0) is 19.1 Å². The monoisotopic (exact) mass is 290 g/mol. The molecule has 0 saturated carbocycles. The highest BCUT2D eigenvalue weighted by Gasteiger charge is 2.38. The van der Waals surface area contributed by atoms with Crippen LogP contribution in [0.5, 0.6) is 0 Å². The molecule has 21 heavy (non-hydrogen) atoms. The summed E-state index contributed by atoms with van der Waals surface area (Å²) >= 11 is 0. The van der Waals surface area contributed by atoms with Gasteiger partial charge in [0.15, 0.2) is 0 Å². The Morgan fingerprint density at radius 3 is 2.10 bits per heavy atom. The van der Waals surface area contributed by atoms with Gasteiger partial charge in [0.2, 0.25) is 0 Å². The van der Waals surface area contributed by atoms with Crippen molar-refractivity contribution in [3.05, 3.63) is 39.8 Å². The van der Waals surface area contributed by atoms with Crippen LogP contribution in [0.4, 0.5) is 0 Å². The molecule has 0 aliphatic carbocycles. The highest BCUT2D eigenvalue weighted by molar-refractivity contribution is 6.18. The van der Waals surface area contributed by atoms with Crippen molar-refractivity contribution in [3.63, 3.8) is 0 Å². The first-order valence-electron chi connectivity index (χ1n) is 6.13. The summed E-state index contributed by atoms with van der Waals surface area (Å²) in [6, 6.07) is 4.59. The number of hydrogen-bond acceptors (Lipinski definition) is 6. The number of carbonyl (C=O) groups excluding carboxylic acids is 2. The van der Waals surface area contributed by atoms with Crippen molar-refractivity contribution in [2.24, 2.45) is 0 Å². The Bertz CT molecular complexity index is 720. The minimum atomic E-state index is -1.29. The first kappa shape index (κ1) is 14.6. The fourth-order valence-corrected chi connectivity index (χ4v) is 1.86. The molecule has 6 nitrogen and oxygen atoms in total. The molecule has 110 valence electrons. The topological polar surface area (TPSA) is 93.1 Å². The van der Waals surface area contributed by atoms with E-state index in [2.05, 4.69) is 0 Å². The third-order valence-electron chi connectivity index (χ3n) is 2.82. The molecule has 1 heterocycles. The number of ether oxygens (including phenoxy) is 2. The summed E-state index contributed by atoms with van der Waals surface area (Å²) in [7, 11) is 0. The number of cyclic esters (lactones) is 2. The van der Waals surface area contributed by atoms with Crippen LogP contribution in [0.1, 0.15) is 19.4 Å². The van der Waals surface area contributed by atoms with Gasteiger partial charge in [0.05, 0.1) is 12.5 Å². The van der Waals surface area contributed by atoms with Gasteiger partial charge in [-0.3, -0.25) is 0 Å². The Morgan fingerprint density at radius 1 is 1.00 bits per heavy atom. The van der Waals surface area contributed by atoms with Gasteiger partial charge >= 0.3 is 11.9 Å². The number of rotatable bonds is 1. The van der Waals surface area contributed by atoms with Crippen molar-refractivity contribution >= 4 is 30.5 Å². The van der Waals surface area contributed by atoms with Crippen molar-refractivity contribution in [1.82, 2.24) is 0 Å². The van der Waals surface area contributed by atoms with Crippen molar-refractivity contribution in [3.8, 4) is 0 Å². The van der Waals surface area contributed by atoms with Gasteiger partial charge in [-0.05, 0) is 17.7 Å². The molecule has 0 radical (unpaired) electrons. The van der Waals surface area contributed by atoms with Crippen LogP contribution in [0.25, 0.3) is 18.6 Å². The quantitative estimate of drug-likeness (QED) is 0.444. The first-order valence-corrected chi connectivity index (χ1v) is 6.13. The van der Waals surface area contributed by atoms with Gasteiger partial charge in [-0.1, -0.05) is 12.1 Å². The number of carbonyl (C=O) groups is 2. The van der Waals surface area contributed by atoms with Gasteiger partial charge in [0.25, 0.3) is 5.79 Å². The van der Waals surface area contributed by atoms with Crippen molar-refractivity contribution < 1.29 is 29.3 Å². The first-order chi connectivity index (χ1) is 9.86. The smallest absolute Gasteiger partial charge is 0.348 e. The van der Waals surface area contributed by atoms with Crippen LogP contribution in [0, 0.1) is 0 Å². The van der Waals surface area contributed by atoms with Crippen molar-refractivity contribution in [1.29, 1.82) is 0 Å². The summed E-state index contributed by atoms with van der Waals surface area (Å²) in [6.07, 6.45) is 2.95. The molecule has 0 unspecified atom stereocenters. The predicted octanol–water partition coefficient (Wildman–Crippen LogP) is 0.498. The van der Waals surface area contributed by atoms with E-state index < -0.39 is 17.7 Å². The highest BCUT2D eigenvalue weighted by atomic mass is 16.7. The Hall–Kier alpha value is -2.76. The van der Waals surface area contributed by atoms with E-state index in [0.717, 1.165) is 12.5 Å². The summed E-state index contributed by atoms with van der Waals surface area (Å²) in [5.74, 6) is -2.84. The number of aliphatic hydroxyl groups excluding tert-OH is 2. The predicted molar refractivity (Wildman–Crippen MR) is 74.1 cm³/mol. The van der Waals surface area contributed by atoms with E-state index >= 15 is 0 Å². The molecular weight excluding hydrogens is 276 g/mol. The summed E-state index contributed by atoms with van der Waals surface area (Å²) in [4.78, 5) is 23.6. The van der Waals surface area contributed by atoms with Crippen molar-refractivity contribution in [2.45, 2.75) is 19.6 Å². The molecule has 1 aliphatic heterocycles. The lowest BCUT2D eigenvalue weighted by Crippen LogP contribution is -2.41. The molecule has 6 heteroatoms. The fraction of sp³-hybridized carbons (Fsp3) is 0.200. The maximum Gasteiger partial charge on any atom is 0.348 e. The molecule has 0 atom stereocenters. The number of aliphatic hydroxyl groups is 2. The standard InChI is InChI=1S/C15H14O6/c1-15(2)20-13(18)12(14(19)21-15)6-9-3-4-10(7-16)11(5-9)8-17/h3-8,16-17H,1-2H3. The maximum absolute atomic E-state index is 11.8. The molecule has 1 fully saturated rings. The van der Waals surface area contributed by atoms with Gasteiger partial charge in [-0.25, -0.2) is 9.59 Å². The van der Waals surface area contributed by atoms with Crippen LogP contribution in [-0.4, -0.2) is 27.9 Å². The summed E-state index contributed by atoms with van der Waals surface area (Å²) in [5.41, 5.74) is 0.239. The summed E-state index contributed by atoms with van der Waals surface area (Å²) < 4.78 is 9.95. The van der Waals surface area contributed by atoms with E-state index in [4.69, 9.17) is 19.7 Å². The molecule has 1 aromatic carbocycles. The molecular formula is C15H14O6. The van der Waals surface area contributed by atoms with Crippen LogP contribution in [0.3, 0.4) is 0 Å². The van der Waals surface area contributed by atoms with E-state index in [1.54, 1.807) is 6.07 Å². The Kier molecular flexibility index (Phi) is 3.71. The number of esters is 2. The molecule has 1 aromatic rings. The average Bonchev–Trinajstić information content (AvgIpc) is 2.41. The van der Waals surface area contributed by atoms with E-state index in [0.29, 0.717) is 16.0 Å². The lowest BCUT2D eigenvalue weighted by Gasteiger charge is -2.29. The van der Waals surface area contributed by atoms with Gasteiger partial charge < -0.3 is 19.7 Å². The third kappa shape index (κ3) is 3.05. The number of benzene rings is 1. The molecule has 0 aromatic heterocycles. The minimum Gasteiger partial charge on any atom is -0.515 e.